The summed E-state index contributed by atoms with van der Waals surface area (Å²) < 4.78 is 1.99. The Hall–Kier alpha value is -1.73. The molecule has 0 aliphatic heterocycles. The van der Waals surface area contributed by atoms with Crippen LogP contribution in [-0.4, -0.2) is 20.5 Å². The molecule has 1 aromatic carbocycles. The van der Waals surface area contributed by atoms with E-state index in [0.29, 0.717) is 5.92 Å². The van der Waals surface area contributed by atoms with Crippen LogP contribution in [0.5, 0.6) is 0 Å². The van der Waals surface area contributed by atoms with E-state index >= 15 is 0 Å². The second-order valence-electron chi connectivity index (χ2n) is 4.49. The molecular weight excluding hydrogens is 254 g/mol. The van der Waals surface area contributed by atoms with Crippen molar-refractivity contribution in [1.82, 2.24) is 14.8 Å². The summed E-state index contributed by atoms with van der Waals surface area (Å²) in [6.45, 7) is 1.85. The molecule has 0 unspecified atom stereocenters. The van der Waals surface area contributed by atoms with E-state index in [-0.39, 0.29) is 0 Å². The van der Waals surface area contributed by atoms with Gasteiger partial charge in [-0.05, 0) is 31.9 Å². The van der Waals surface area contributed by atoms with E-state index in [9.17, 15) is 0 Å². The van der Waals surface area contributed by atoms with Crippen molar-refractivity contribution in [2.24, 2.45) is 0 Å². The van der Waals surface area contributed by atoms with Gasteiger partial charge in [0.05, 0.1) is 11.4 Å². The van der Waals surface area contributed by atoms with Gasteiger partial charge in [0, 0.05) is 5.92 Å². The molecule has 1 fully saturated rings. The zero-order valence-corrected chi connectivity index (χ0v) is 11.7. The molecule has 96 valence electrons. The maximum atomic E-state index is 4.67. The van der Waals surface area contributed by atoms with Crippen LogP contribution in [0.2, 0.25) is 0 Å². The van der Waals surface area contributed by atoms with Crippen molar-refractivity contribution < 1.29 is 0 Å². The monoisotopic (exact) mass is 269 g/mol. The summed E-state index contributed by atoms with van der Waals surface area (Å²) in [6, 6.07) is 10.2. The number of thioether (sulfide) groups is 1. The van der Waals surface area contributed by atoms with Gasteiger partial charge in [-0.15, -0.1) is 11.0 Å². The highest BCUT2D eigenvalue weighted by Gasteiger charge is 2.30. The van der Waals surface area contributed by atoms with Crippen LogP contribution in [0, 0.1) is 11.8 Å². The molecule has 0 radical (unpaired) electrons. The third kappa shape index (κ3) is 2.82. The molecule has 0 saturated heterocycles. The average molecular weight is 269 g/mol. The molecular formula is C15H15N3S. The molecule has 3 nitrogen and oxygen atoms in total. The molecule has 1 saturated carbocycles. The second-order valence-corrected chi connectivity index (χ2v) is 5.43. The number of nitrogens with zero attached hydrogens (tertiary/aromatic N) is 3. The summed E-state index contributed by atoms with van der Waals surface area (Å²) in [5.74, 6) is 8.35. The van der Waals surface area contributed by atoms with Crippen molar-refractivity contribution in [2.45, 2.75) is 30.8 Å². The van der Waals surface area contributed by atoms with E-state index in [1.807, 2.05) is 29.8 Å². The number of para-hydroxylation sites is 1. The maximum Gasteiger partial charge on any atom is 0.210 e. The van der Waals surface area contributed by atoms with Gasteiger partial charge in [0.1, 0.15) is 5.82 Å². The summed E-state index contributed by atoms with van der Waals surface area (Å²) in [5.41, 5.74) is 1.09. The van der Waals surface area contributed by atoms with Crippen LogP contribution >= 0.6 is 11.8 Å². The minimum Gasteiger partial charge on any atom is -0.216 e. The molecule has 1 aliphatic rings. The van der Waals surface area contributed by atoms with Crippen molar-refractivity contribution >= 4 is 11.8 Å². The van der Waals surface area contributed by atoms with E-state index in [4.69, 9.17) is 0 Å². The topological polar surface area (TPSA) is 30.7 Å². The van der Waals surface area contributed by atoms with Gasteiger partial charge in [0.2, 0.25) is 5.16 Å². The molecule has 19 heavy (non-hydrogen) atoms. The molecule has 0 N–H and O–H groups in total. The molecule has 3 rings (SSSR count). The Bertz CT molecular complexity index is 618. The molecule has 1 aromatic heterocycles. The smallest absolute Gasteiger partial charge is 0.210 e. The van der Waals surface area contributed by atoms with Crippen LogP contribution in [0.15, 0.2) is 35.5 Å². The number of aromatic nitrogens is 3. The molecule has 0 atom stereocenters. The lowest BCUT2D eigenvalue weighted by Crippen LogP contribution is -2.01. The Balaban J connectivity index is 1.90. The van der Waals surface area contributed by atoms with Crippen molar-refractivity contribution in [2.75, 3.05) is 5.75 Å². The van der Waals surface area contributed by atoms with Crippen LogP contribution in [0.4, 0.5) is 0 Å². The minimum atomic E-state index is 0.583. The number of hydrogen-bond acceptors (Lipinski definition) is 3. The maximum absolute atomic E-state index is 4.67. The van der Waals surface area contributed by atoms with E-state index in [2.05, 4.69) is 34.1 Å². The zero-order chi connectivity index (χ0) is 13.1. The second kappa shape index (κ2) is 5.50. The Morgan fingerprint density at radius 1 is 1.32 bits per heavy atom. The number of benzene rings is 1. The highest BCUT2D eigenvalue weighted by atomic mass is 32.2. The van der Waals surface area contributed by atoms with Crippen molar-refractivity contribution in [3.8, 4) is 17.5 Å². The van der Waals surface area contributed by atoms with Crippen LogP contribution in [-0.2, 0) is 0 Å². The van der Waals surface area contributed by atoms with Gasteiger partial charge in [-0.25, -0.2) is 9.67 Å². The lowest BCUT2D eigenvalue weighted by Gasteiger charge is -2.03. The largest absolute Gasteiger partial charge is 0.216 e. The first kappa shape index (κ1) is 12.3. The van der Waals surface area contributed by atoms with Gasteiger partial charge in [-0.2, -0.15) is 0 Å². The minimum absolute atomic E-state index is 0.583. The third-order valence-corrected chi connectivity index (χ3v) is 3.73. The fraction of sp³-hybridized carbons (Fsp3) is 0.333. The van der Waals surface area contributed by atoms with E-state index in [0.717, 1.165) is 22.4 Å². The lowest BCUT2D eigenvalue weighted by molar-refractivity contribution is 0.782. The third-order valence-electron chi connectivity index (χ3n) is 3.01. The van der Waals surface area contributed by atoms with Crippen molar-refractivity contribution in [3.63, 3.8) is 0 Å². The summed E-state index contributed by atoms with van der Waals surface area (Å²) in [7, 11) is 0. The summed E-state index contributed by atoms with van der Waals surface area (Å²) >= 11 is 1.60. The van der Waals surface area contributed by atoms with Gasteiger partial charge in [-0.1, -0.05) is 35.9 Å². The Morgan fingerprint density at radius 3 is 2.79 bits per heavy atom. The van der Waals surface area contributed by atoms with Gasteiger partial charge in [0.25, 0.3) is 0 Å². The molecule has 1 heterocycles. The Labute approximate surface area is 117 Å². The molecule has 0 amide bonds. The van der Waals surface area contributed by atoms with Crippen LogP contribution < -0.4 is 0 Å². The van der Waals surface area contributed by atoms with E-state index in [1.165, 1.54) is 12.8 Å². The van der Waals surface area contributed by atoms with Gasteiger partial charge >= 0.3 is 0 Å². The molecule has 0 bridgehead atoms. The van der Waals surface area contributed by atoms with Gasteiger partial charge < -0.3 is 0 Å². The van der Waals surface area contributed by atoms with Crippen LogP contribution in [0.1, 0.15) is 31.5 Å². The quantitative estimate of drug-likeness (QED) is 0.630. The van der Waals surface area contributed by atoms with Crippen LogP contribution in [0.25, 0.3) is 5.69 Å². The Morgan fingerprint density at radius 2 is 2.11 bits per heavy atom. The first-order valence-corrected chi connectivity index (χ1v) is 7.42. The van der Waals surface area contributed by atoms with E-state index in [1.54, 1.807) is 11.8 Å². The number of hydrogen-bond donors (Lipinski definition) is 0. The normalized spacial score (nSPS) is 13.9. The van der Waals surface area contributed by atoms with E-state index < -0.39 is 0 Å². The first-order valence-electron chi connectivity index (χ1n) is 6.43. The fourth-order valence-corrected chi connectivity index (χ4v) is 2.55. The first-order chi connectivity index (χ1) is 9.38. The summed E-state index contributed by atoms with van der Waals surface area (Å²) in [5, 5.41) is 5.44. The predicted octanol–water partition coefficient (Wildman–Crippen LogP) is 3.26. The SMILES string of the molecule is CC#CCSc1nc(C2CC2)n(-c2ccccc2)n1. The molecule has 0 spiro atoms. The molecule has 1 aliphatic carbocycles. The Kier molecular flexibility index (Phi) is 3.56. The average Bonchev–Trinajstić information content (AvgIpc) is 3.21. The standard InChI is InChI=1S/C15H15N3S/c1-2-3-11-19-15-16-14(12-9-10-12)18(17-15)13-7-5-4-6-8-13/h4-8,12H,9-11H2,1H3. The van der Waals surface area contributed by atoms with Crippen molar-refractivity contribution in [1.29, 1.82) is 0 Å². The van der Waals surface area contributed by atoms with Gasteiger partial charge in [-0.3, -0.25) is 0 Å². The number of rotatable bonds is 4. The predicted molar refractivity (Wildman–Crippen MR) is 77.5 cm³/mol. The summed E-state index contributed by atoms with van der Waals surface area (Å²) in [4.78, 5) is 4.67. The fourth-order valence-electron chi connectivity index (χ4n) is 1.90. The zero-order valence-electron chi connectivity index (χ0n) is 10.8. The van der Waals surface area contributed by atoms with Gasteiger partial charge in [0.15, 0.2) is 0 Å². The van der Waals surface area contributed by atoms with Crippen LogP contribution in [0.3, 0.4) is 0 Å². The highest BCUT2D eigenvalue weighted by Crippen LogP contribution is 2.40. The van der Waals surface area contributed by atoms with Crippen molar-refractivity contribution in [3.05, 3.63) is 36.2 Å². The highest BCUT2D eigenvalue weighted by molar-refractivity contribution is 7.99. The molecule has 4 heteroatoms. The lowest BCUT2D eigenvalue weighted by atomic mass is 10.3. The summed E-state index contributed by atoms with van der Waals surface area (Å²) in [6.07, 6.45) is 2.45. The molecule has 2 aromatic rings.